The molecule has 0 fully saturated rings. The van der Waals surface area contributed by atoms with E-state index < -0.39 is 0 Å². The third-order valence-corrected chi connectivity index (χ3v) is 9.92. The van der Waals surface area contributed by atoms with Crippen LogP contribution in [0.15, 0.2) is 205 Å². The predicted octanol–water partition coefficient (Wildman–Crippen LogP) is 14.4. The Morgan fingerprint density at radius 2 is 1.04 bits per heavy atom. The highest BCUT2D eigenvalue weighted by atomic mass is 16.3. The fourth-order valence-corrected chi connectivity index (χ4v) is 7.31. The van der Waals surface area contributed by atoms with Crippen molar-refractivity contribution < 1.29 is 9.90 Å². The number of hydrogen-bond donors (Lipinski definition) is 0. The van der Waals surface area contributed by atoms with Crippen LogP contribution in [-0.2, 0) is 0 Å². The van der Waals surface area contributed by atoms with Crippen molar-refractivity contribution in [3.63, 3.8) is 0 Å². The number of nitrogens with zero attached hydrogens (tertiary/aromatic N) is 1. The Labute approximate surface area is 308 Å². The molecule has 0 bridgehead atoms. The lowest BCUT2D eigenvalue weighted by Crippen LogP contribution is -2.11. The maximum absolute atomic E-state index is 9.57. The molecule has 0 atom stereocenters. The van der Waals surface area contributed by atoms with Crippen LogP contribution in [0.5, 0.6) is 0 Å². The van der Waals surface area contributed by atoms with Crippen LogP contribution in [0.2, 0.25) is 0 Å². The van der Waals surface area contributed by atoms with Gasteiger partial charge in [0.15, 0.2) is 0 Å². The standard InChI is InChI=1S/C50H33NO/c1-2-10-34(11-3-1)36-22-27-42(28-23-36)51(43-29-24-37(25-30-43)40-20-18-35-12-4-5-13-39(35)32-40)48-16-8-6-14-44(48)41-21-19-38-26-31-46-45-15-7-9-17-49(45)52-50(46)47(38)33-41/h1-33H/i24D,25D,29D,30D. The highest BCUT2D eigenvalue weighted by Crippen LogP contribution is 2.43. The molecule has 244 valence electrons. The van der Waals surface area contributed by atoms with Gasteiger partial charge in [0.05, 0.1) is 11.2 Å². The van der Waals surface area contributed by atoms with E-state index in [9.17, 15) is 5.48 Å². The van der Waals surface area contributed by atoms with Crippen LogP contribution < -0.4 is 4.90 Å². The van der Waals surface area contributed by atoms with Gasteiger partial charge in [0.2, 0.25) is 0 Å². The molecule has 0 N–H and O–H groups in total. The van der Waals surface area contributed by atoms with E-state index in [0.29, 0.717) is 11.3 Å². The smallest absolute Gasteiger partial charge is 0.143 e. The molecule has 9 aromatic carbocycles. The second-order valence-electron chi connectivity index (χ2n) is 13.0. The Morgan fingerprint density at radius 3 is 1.90 bits per heavy atom. The number of fused-ring (bicyclic) bond motifs is 6. The van der Waals surface area contributed by atoms with Gasteiger partial charge in [-0.2, -0.15) is 0 Å². The lowest BCUT2D eigenvalue weighted by atomic mass is 9.97. The van der Waals surface area contributed by atoms with Gasteiger partial charge >= 0.3 is 0 Å². The van der Waals surface area contributed by atoms with Gasteiger partial charge in [-0.25, -0.2) is 0 Å². The minimum Gasteiger partial charge on any atom is -0.455 e. The van der Waals surface area contributed by atoms with Gasteiger partial charge in [-0.1, -0.05) is 146 Å². The normalized spacial score (nSPS) is 12.5. The zero-order valence-electron chi connectivity index (χ0n) is 32.1. The molecule has 52 heavy (non-hydrogen) atoms. The van der Waals surface area contributed by atoms with Gasteiger partial charge in [0, 0.05) is 33.1 Å². The first-order valence-corrected chi connectivity index (χ1v) is 17.4. The van der Waals surface area contributed by atoms with E-state index in [0.717, 1.165) is 71.4 Å². The summed E-state index contributed by atoms with van der Waals surface area (Å²) in [7, 11) is 0. The van der Waals surface area contributed by atoms with Gasteiger partial charge < -0.3 is 9.32 Å². The van der Waals surface area contributed by atoms with Crippen LogP contribution in [0.1, 0.15) is 5.48 Å². The molecule has 0 radical (unpaired) electrons. The minimum atomic E-state index is -0.126. The summed E-state index contributed by atoms with van der Waals surface area (Å²) in [5.74, 6) is 0. The quantitative estimate of drug-likeness (QED) is 0.175. The topological polar surface area (TPSA) is 16.4 Å². The van der Waals surface area contributed by atoms with Crippen molar-refractivity contribution in [1.82, 2.24) is 0 Å². The van der Waals surface area contributed by atoms with Crippen molar-refractivity contribution in [3.8, 4) is 33.4 Å². The van der Waals surface area contributed by atoms with Crippen LogP contribution in [-0.4, -0.2) is 0 Å². The van der Waals surface area contributed by atoms with E-state index in [1.807, 2.05) is 132 Å². The van der Waals surface area contributed by atoms with Crippen molar-refractivity contribution in [2.75, 3.05) is 4.90 Å². The van der Waals surface area contributed by atoms with E-state index >= 15 is 0 Å². The fourth-order valence-electron chi connectivity index (χ4n) is 7.31. The molecule has 10 aromatic rings. The van der Waals surface area contributed by atoms with E-state index in [2.05, 4.69) is 48.5 Å². The molecule has 0 spiro atoms. The molecular formula is C50H33NO. The zero-order chi connectivity index (χ0) is 37.9. The fraction of sp³-hybridized carbons (Fsp3) is 0. The second-order valence-corrected chi connectivity index (χ2v) is 13.0. The number of rotatable bonds is 6. The second kappa shape index (κ2) is 12.5. The molecule has 1 aromatic heterocycles. The van der Waals surface area contributed by atoms with Crippen molar-refractivity contribution in [1.29, 1.82) is 0 Å². The summed E-state index contributed by atoms with van der Waals surface area (Å²) in [6.45, 7) is 0. The Morgan fingerprint density at radius 1 is 0.385 bits per heavy atom. The largest absolute Gasteiger partial charge is 0.455 e. The molecule has 0 saturated heterocycles. The average Bonchev–Trinajstić information content (AvgIpc) is 3.64. The van der Waals surface area contributed by atoms with Crippen molar-refractivity contribution in [2.45, 2.75) is 0 Å². The molecule has 10 rings (SSSR count). The van der Waals surface area contributed by atoms with E-state index in [1.54, 1.807) is 0 Å². The third kappa shape index (κ3) is 5.21. The monoisotopic (exact) mass is 667 g/mol. The number of anilines is 3. The first-order chi connectivity index (χ1) is 27.4. The molecule has 0 aliphatic rings. The molecule has 2 heteroatoms. The van der Waals surface area contributed by atoms with Crippen molar-refractivity contribution >= 4 is 60.5 Å². The maximum Gasteiger partial charge on any atom is 0.143 e. The summed E-state index contributed by atoms with van der Waals surface area (Å²) < 4.78 is 44.4. The summed E-state index contributed by atoms with van der Waals surface area (Å²) in [4.78, 5) is 1.88. The highest BCUT2D eigenvalue weighted by molar-refractivity contribution is 6.15. The Bertz CT molecular complexity index is 3110. The summed E-state index contributed by atoms with van der Waals surface area (Å²) in [6, 6.07) is 58.1. The molecule has 0 unspecified atom stereocenters. The number of furan rings is 1. The predicted molar refractivity (Wildman–Crippen MR) is 220 cm³/mol. The summed E-state index contributed by atoms with van der Waals surface area (Å²) >= 11 is 0. The lowest BCUT2D eigenvalue weighted by molar-refractivity contribution is 0.672. The molecule has 1 heterocycles. The van der Waals surface area contributed by atoms with Crippen LogP contribution in [0.4, 0.5) is 17.1 Å². The first-order valence-electron chi connectivity index (χ1n) is 19.4. The first kappa shape index (κ1) is 26.0. The summed E-state index contributed by atoms with van der Waals surface area (Å²) in [5.41, 5.74) is 8.05. The Kier molecular flexibility index (Phi) is 6.22. The molecule has 0 aliphatic heterocycles. The van der Waals surface area contributed by atoms with Crippen LogP contribution >= 0.6 is 0 Å². The van der Waals surface area contributed by atoms with Gasteiger partial charge in [0.1, 0.15) is 11.2 Å². The van der Waals surface area contributed by atoms with Gasteiger partial charge in [0.25, 0.3) is 0 Å². The zero-order valence-corrected chi connectivity index (χ0v) is 28.1. The highest BCUT2D eigenvalue weighted by Gasteiger charge is 2.19. The van der Waals surface area contributed by atoms with Crippen LogP contribution in [0.3, 0.4) is 0 Å². The average molecular weight is 668 g/mol. The van der Waals surface area contributed by atoms with Crippen LogP contribution in [0.25, 0.3) is 76.9 Å². The molecule has 2 nitrogen and oxygen atoms in total. The minimum absolute atomic E-state index is 0.0994. The molecule has 0 amide bonds. The maximum atomic E-state index is 9.57. The molecule has 0 saturated carbocycles. The van der Waals surface area contributed by atoms with Crippen molar-refractivity contribution in [3.05, 3.63) is 200 Å². The van der Waals surface area contributed by atoms with Crippen molar-refractivity contribution in [2.24, 2.45) is 0 Å². The van der Waals surface area contributed by atoms with E-state index in [4.69, 9.17) is 4.42 Å². The summed E-state index contributed by atoms with van der Waals surface area (Å²) in [5, 5.41) is 6.16. The third-order valence-electron chi connectivity index (χ3n) is 9.92. The number of benzene rings is 9. The molecule has 0 aliphatic carbocycles. The van der Waals surface area contributed by atoms with E-state index in [-0.39, 0.29) is 35.4 Å². The van der Waals surface area contributed by atoms with Gasteiger partial charge in [-0.3, -0.25) is 0 Å². The summed E-state index contributed by atoms with van der Waals surface area (Å²) in [6.07, 6.45) is 0. The Hall–Kier alpha value is -6.90. The van der Waals surface area contributed by atoms with E-state index in [1.165, 1.54) is 0 Å². The molecular weight excluding hydrogens is 631 g/mol. The van der Waals surface area contributed by atoms with Crippen LogP contribution in [0, 0.1) is 0 Å². The number of para-hydroxylation sites is 2. The van der Waals surface area contributed by atoms with Gasteiger partial charge in [-0.05, 0) is 98.5 Å². The lowest BCUT2D eigenvalue weighted by Gasteiger charge is -2.28. The van der Waals surface area contributed by atoms with Gasteiger partial charge in [-0.15, -0.1) is 0 Å². The SMILES string of the molecule is [2H]c1c([2H])c(N(c2ccc(-c3ccccc3)cc2)c2ccccc2-c2ccc3ccc4c5ccccc5oc4c3c2)c([2H])c([2H])c1-c1ccc2ccccc2c1. The Balaban J connectivity index is 1.19. The number of hydrogen-bond acceptors (Lipinski definition) is 2.